The molecule has 2 aliphatic heterocycles. The molecule has 0 saturated heterocycles. The molecule has 4 rings (SSSR count). The molecule has 0 N–H and O–H groups in total. The highest BCUT2D eigenvalue weighted by atomic mass is 16.2. The Balaban J connectivity index is 1.96. The molecule has 2 amide bonds. The van der Waals surface area contributed by atoms with Gasteiger partial charge in [0, 0.05) is 42.3 Å². The molecule has 10 heteroatoms. The average Bonchev–Trinajstić information content (AvgIpc) is 3.17. The van der Waals surface area contributed by atoms with Crippen molar-refractivity contribution in [1.29, 1.82) is 0 Å². The van der Waals surface area contributed by atoms with E-state index in [1.54, 1.807) is 50.0 Å². The minimum Gasteiger partial charge on any atom is -0.328 e. The molecule has 0 radical (unpaired) electrons. The summed E-state index contributed by atoms with van der Waals surface area (Å²) in [5.74, 6) is 1.88. The highest BCUT2D eigenvalue weighted by molar-refractivity contribution is 6.03. The van der Waals surface area contributed by atoms with Crippen molar-refractivity contribution < 1.29 is 9.59 Å². The fourth-order valence-corrected chi connectivity index (χ4v) is 3.58. The van der Waals surface area contributed by atoms with Gasteiger partial charge in [0.15, 0.2) is 34.7 Å². The summed E-state index contributed by atoms with van der Waals surface area (Å²) in [6.07, 6.45) is 3.22. The summed E-state index contributed by atoms with van der Waals surface area (Å²) in [6, 6.07) is 0. The van der Waals surface area contributed by atoms with Crippen LogP contribution in [0.5, 0.6) is 0 Å². The Morgan fingerprint density at radius 3 is 1.31 bits per heavy atom. The summed E-state index contributed by atoms with van der Waals surface area (Å²) in [5.41, 5.74) is 1.01. The second-order valence-electron chi connectivity index (χ2n) is 6.55. The van der Waals surface area contributed by atoms with Gasteiger partial charge in [0.2, 0.25) is 0 Å². The van der Waals surface area contributed by atoms with Gasteiger partial charge in [-0.3, -0.25) is 19.4 Å². The van der Waals surface area contributed by atoms with Gasteiger partial charge < -0.3 is 18.9 Å². The zero-order valence-electron chi connectivity index (χ0n) is 15.5. The Hall–Kier alpha value is -3.30. The minimum absolute atomic E-state index is 0.179. The molecule has 2 aliphatic rings. The molecule has 0 aliphatic carbocycles. The molecule has 4 heterocycles. The summed E-state index contributed by atoms with van der Waals surface area (Å²) in [7, 11) is 10.6. The minimum atomic E-state index is -0.179. The number of aryl methyl sites for hydroxylation is 2. The molecule has 10 nitrogen and oxygen atoms in total. The molecular weight excluding hydrogens is 336 g/mol. The van der Waals surface area contributed by atoms with Gasteiger partial charge >= 0.3 is 0 Å². The summed E-state index contributed by atoms with van der Waals surface area (Å²) >= 11 is 0. The number of hydrogen-bond donors (Lipinski definition) is 0. The third kappa shape index (κ3) is 1.81. The van der Waals surface area contributed by atoms with E-state index >= 15 is 0 Å². The van der Waals surface area contributed by atoms with Crippen molar-refractivity contribution in [1.82, 2.24) is 28.9 Å². The first kappa shape index (κ1) is 16.2. The van der Waals surface area contributed by atoms with Crippen LogP contribution in [-0.2, 0) is 14.1 Å². The van der Waals surface area contributed by atoms with Crippen molar-refractivity contribution in [3.63, 3.8) is 0 Å². The molecule has 0 saturated carbocycles. The number of imidazole rings is 2. The molecule has 136 valence electrons. The summed E-state index contributed by atoms with van der Waals surface area (Å²) in [5, 5.41) is 0. The molecule has 2 aromatic heterocycles. The molecule has 0 unspecified atom stereocenters. The Kier molecular flexibility index (Phi) is 3.17. The van der Waals surface area contributed by atoms with E-state index in [-0.39, 0.29) is 11.8 Å². The lowest BCUT2D eigenvalue weighted by atomic mass is 10.2. The molecule has 0 spiro atoms. The fourth-order valence-electron chi connectivity index (χ4n) is 3.58. The van der Waals surface area contributed by atoms with Crippen LogP contribution in [0.25, 0.3) is 0 Å². The van der Waals surface area contributed by atoms with Gasteiger partial charge in [0.1, 0.15) is 0 Å². The zero-order chi connectivity index (χ0) is 18.9. The van der Waals surface area contributed by atoms with E-state index in [9.17, 15) is 9.59 Å². The van der Waals surface area contributed by atoms with Crippen LogP contribution in [0.3, 0.4) is 0 Å². The van der Waals surface area contributed by atoms with Gasteiger partial charge in [-0.15, -0.1) is 0 Å². The van der Waals surface area contributed by atoms with Crippen LogP contribution >= 0.6 is 0 Å². The SMILES string of the molecule is CN1C(=O)c2c(ncn2C)N(C)/C1=C1\N(C)C(=O)c2c(ncn2C)N1C. The Morgan fingerprint density at radius 2 is 0.962 bits per heavy atom. The second kappa shape index (κ2) is 5.10. The van der Waals surface area contributed by atoms with E-state index in [0.29, 0.717) is 34.7 Å². The maximum Gasteiger partial charge on any atom is 0.279 e. The number of hydrogen-bond acceptors (Lipinski definition) is 6. The van der Waals surface area contributed by atoms with Gasteiger partial charge in [0.25, 0.3) is 11.8 Å². The molecule has 0 bridgehead atoms. The van der Waals surface area contributed by atoms with Crippen LogP contribution in [0.15, 0.2) is 24.3 Å². The topological polar surface area (TPSA) is 82.7 Å². The quantitative estimate of drug-likeness (QED) is 0.662. The lowest BCUT2D eigenvalue weighted by molar-refractivity contribution is 0.0772. The number of carbonyl (C=O) groups is 2. The van der Waals surface area contributed by atoms with E-state index in [1.807, 2.05) is 23.9 Å². The first-order valence-electron chi connectivity index (χ1n) is 8.06. The van der Waals surface area contributed by atoms with Crippen LogP contribution in [0.1, 0.15) is 21.0 Å². The Bertz CT molecular complexity index is 906. The van der Waals surface area contributed by atoms with Crippen LogP contribution in [0.2, 0.25) is 0 Å². The van der Waals surface area contributed by atoms with E-state index < -0.39 is 0 Å². The lowest BCUT2D eigenvalue weighted by Gasteiger charge is -2.41. The first-order chi connectivity index (χ1) is 12.3. The van der Waals surface area contributed by atoms with Crippen LogP contribution in [0.4, 0.5) is 11.6 Å². The predicted molar refractivity (Wildman–Crippen MR) is 94.4 cm³/mol. The number of rotatable bonds is 0. The number of amides is 2. The predicted octanol–water partition coefficient (Wildman–Crippen LogP) is 0.0240. The van der Waals surface area contributed by atoms with Crippen molar-refractivity contribution in [2.24, 2.45) is 14.1 Å². The van der Waals surface area contributed by atoms with Gasteiger partial charge in [0.05, 0.1) is 12.7 Å². The average molecular weight is 356 g/mol. The van der Waals surface area contributed by atoms with Gasteiger partial charge in [-0.2, -0.15) is 0 Å². The molecule has 0 aromatic carbocycles. The van der Waals surface area contributed by atoms with Crippen molar-refractivity contribution >= 4 is 23.5 Å². The van der Waals surface area contributed by atoms with E-state index in [1.165, 1.54) is 9.80 Å². The summed E-state index contributed by atoms with van der Waals surface area (Å²) in [6.45, 7) is 0. The van der Waals surface area contributed by atoms with Gasteiger partial charge in [-0.1, -0.05) is 0 Å². The highest BCUT2D eigenvalue weighted by Crippen LogP contribution is 2.36. The molecule has 0 atom stereocenters. The van der Waals surface area contributed by atoms with E-state index in [0.717, 1.165) is 0 Å². The number of aromatic nitrogens is 4. The molecule has 2 aromatic rings. The normalized spacial score (nSPS) is 20.1. The standard InChI is InChI=1S/C16H20N8O2/c1-19-7-17-11-9(19)15(25)23(5)13(21(11)3)14-22(4)12-10(16(26)24(14)6)20(2)8-18-12/h7-8H,1-6H3/b14-13+. The van der Waals surface area contributed by atoms with Gasteiger partial charge in [-0.25, -0.2) is 9.97 Å². The smallest absolute Gasteiger partial charge is 0.279 e. The Labute approximate surface area is 150 Å². The Morgan fingerprint density at radius 1 is 0.615 bits per heavy atom. The number of anilines is 2. The number of nitrogens with zero attached hydrogens (tertiary/aromatic N) is 8. The highest BCUT2D eigenvalue weighted by Gasteiger charge is 2.41. The van der Waals surface area contributed by atoms with Crippen LogP contribution in [0, 0.1) is 0 Å². The first-order valence-corrected chi connectivity index (χ1v) is 8.06. The molecular formula is C16H20N8O2. The van der Waals surface area contributed by atoms with Crippen molar-refractivity contribution in [3.8, 4) is 0 Å². The fraction of sp³-hybridized carbons (Fsp3) is 0.375. The third-order valence-electron chi connectivity index (χ3n) is 4.96. The maximum absolute atomic E-state index is 12.9. The zero-order valence-corrected chi connectivity index (χ0v) is 15.5. The number of fused-ring (bicyclic) bond motifs is 2. The summed E-state index contributed by atoms with van der Waals surface area (Å²) < 4.78 is 3.39. The van der Waals surface area contributed by atoms with Gasteiger partial charge in [-0.05, 0) is 0 Å². The van der Waals surface area contributed by atoms with E-state index in [2.05, 4.69) is 9.97 Å². The maximum atomic E-state index is 12.9. The van der Waals surface area contributed by atoms with Crippen LogP contribution in [-0.4, -0.2) is 68.9 Å². The second-order valence-corrected chi connectivity index (χ2v) is 6.55. The summed E-state index contributed by atoms with van der Waals surface area (Å²) in [4.78, 5) is 41.2. The third-order valence-corrected chi connectivity index (χ3v) is 4.96. The lowest BCUT2D eigenvalue weighted by Crippen LogP contribution is -2.50. The molecule has 0 fully saturated rings. The number of carbonyl (C=O) groups excluding carboxylic acids is 2. The van der Waals surface area contributed by atoms with Crippen molar-refractivity contribution in [3.05, 3.63) is 35.7 Å². The van der Waals surface area contributed by atoms with Crippen molar-refractivity contribution in [2.75, 3.05) is 38.0 Å². The van der Waals surface area contributed by atoms with E-state index in [4.69, 9.17) is 0 Å². The van der Waals surface area contributed by atoms with Crippen molar-refractivity contribution in [2.45, 2.75) is 0 Å². The largest absolute Gasteiger partial charge is 0.328 e. The van der Waals surface area contributed by atoms with Crippen LogP contribution < -0.4 is 9.80 Å². The molecule has 26 heavy (non-hydrogen) atoms. The monoisotopic (exact) mass is 356 g/mol.